The fourth-order valence-corrected chi connectivity index (χ4v) is 3.18. The van der Waals surface area contributed by atoms with Crippen molar-refractivity contribution in [3.05, 3.63) is 0 Å². The van der Waals surface area contributed by atoms with Crippen molar-refractivity contribution in [1.29, 1.82) is 0 Å². The second-order valence-corrected chi connectivity index (χ2v) is 6.46. The van der Waals surface area contributed by atoms with Crippen molar-refractivity contribution < 1.29 is 0 Å². The van der Waals surface area contributed by atoms with Gasteiger partial charge in [0.05, 0.1) is 0 Å². The van der Waals surface area contributed by atoms with Crippen LogP contribution in [0.5, 0.6) is 0 Å². The first-order chi connectivity index (χ1) is 8.83. The summed E-state index contributed by atoms with van der Waals surface area (Å²) in [5.74, 6) is 0. The highest BCUT2D eigenvalue weighted by atomic mass is 14.6. The molecule has 0 amide bonds. The van der Waals surface area contributed by atoms with Gasteiger partial charge < -0.3 is 0 Å². The fourth-order valence-electron chi connectivity index (χ4n) is 3.18. The van der Waals surface area contributed by atoms with Crippen molar-refractivity contribution in [2.24, 2.45) is 5.41 Å². The van der Waals surface area contributed by atoms with Crippen molar-refractivity contribution in [3.8, 4) is 0 Å². The quantitative estimate of drug-likeness (QED) is 0.395. The maximum absolute atomic E-state index is 7.63. The summed E-state index contributed by atoms with van der Waals surface area (Å²) < 4.78 is 0. The van der Waals surface area contributed by atoms with Crippen LogP contribution in [0.15, 0.2) is 0 Å². The SMILES string of the molecule is CCCCCCCCCCCCC1(C[NH])CCC1. The van der Waals surface area contributed by atoms with Gasteiger partial charge in [-0.1, -0.05) is 77.6 Å². The van der Waals surface area contributed by atoms with E-state index in [1.54, 1.807) is 0 Å². The molecular formula is C17H34N. The fraction of sp³-hybridized carbons (Fsp3) is 1.00. The molecule has 0 unspecified atom stereocenters. The Bertz CT molecular complexity index is 179. The van der Waals surface area contributed by atoms with Gasteiger partial charge in [0.2, 0.25) is 0 Å². The Labute approximate surface area is 115 Å². The first-order valence-corrected chi connectivity index (χ1v) is 8.47. The van der Waals surface area contributed by atoms with Crippen LogP contribution in [0.2, 0.25) is 0 Å². The van der Waals surface area contributed by atoms with Crippen molar-refractivity contribution >= 4 is 0 Å². The lowest BCUT2D eigenvalue weighted by Gasteiger charge is -2.40. The summed E-state index contributed by atoms with van der Waals surface area (Å²) >= 11 is 0. The molecule has 0 spiro atoms. The van der Waals surface area contributed by atoms with Gasteiger partial charge in [-0.15, -0.1) is 0 Å². The van der Waals surface area contributed by atoms with Crippen LogP contribution < -0.4 is 5.73 Å². The molecule has 0 bridgehead atoms. The van der Waals surface area contributed by atoms with E-state index in [9.17, 15) is 0 Å². The molecule has 107 valence electrons. The van der Waals surface area contributed by atoms with E-state index in [4.69, 9.17) is 5.73 Å². The summed E-state index contributed by atoms with van der Waals surface area (Å²) in [6.07, 6.45) is 19.7. The van der Waals surface area contributed by atoms with Crippen LogP contribution in [0.3, 0.4) is 0 Å². The Morgan fingerprint density at radius 3 is 1.67 bits per heavy atom. The second kappa shape index (κ2) is 9.83. The van der Waals surface area contributed by atoms with Gasteiger partial charge in [-0.2, -0.15) is 0 Å². The summed E-state index contributed by atoms with van der Waals surface area (Å²) in [6.45, 7) is 2.97. The van der Waals surface area contributed by atoms with E-state index in [2.05, 4.69) is 6.92 Å². The molecule has 0 aromatic heterocycles. The molecule has 1 aliphatic rings. The maximum Gasteiger partial charge on any atom is 0.0156 e. The van der Waals surface area contributed by atoms with E-state index in [0.717, 1.165) is 0 Å². The van der Waals surface area contributed by atoms with Crippen molar-refractivity contribution in [3.63, 3.8) is 0 Å². The van der Waals surface area contributed by atoms with E-state index >= 15 is 0 Å². The molecule has 1 fully saturated rings. The molecular weight excluding hydrogens is 218 g/mol. The topological polar surface area (TPSA) is 23.8 Å². The Balaban J connectivity index is 1.78. The van der Waals surface area contributed by atoms with E-state index in [-0.39, 0.29) is 0 Å². The van der Waals surface area contributed by atoms with Gasteiger partial charge in [-0.3, -0.25) is 5.73 Å². The zero-order valence-corrected chi connectivity index (χ0v) is 12.6. The molecule has 0 heterocycles. The lowest BCUT2D eigenvalue weighted by Crippen LogP contribution is -2.33. The van der Waals surface area contributed by atoms with Gasteiger partial charge in [0, 0.05) is 6.54 Å². The zero-order chi connectivity index (χ0) is 13.1. The normalized spacial score (nSPS) is 17.7. The number of hydrogen-bond acceptors (Lipinski definition) is 0. The minimum Gasteiger partial charge on any atom is -0.257 e. The van der Waals surface area contributed by atoms with Gasteiger partial charge in [0.1, 0.15) is 0 Å². The van der Waals surface area contributed by atoms with Crippen LogP contribution in [0, 0.1) is 5.41 Å². The molecule has 1 heteroatoms. The van der Waals surface area contributed by atoms with Crippen LogP contribution in [-0.4, -0.2) is 6.54 Å². The predicted octanol–water partition coefficient (Wildman–Crippen LogP) is 5.75. The summed E-state index contributed by atoms with van der Waals surface area (Å²) in [4.78, 5) is 0. The molecule has 1 aliphatic carbocycles. The molecule has 0 saturated heterocycles. The standard InChI is InChI=1S/C17H34N/c1-2-3-4-5-6-7-8-9-10-11-13-17(16-18)14-12-15-17/h18H,2-16H2,1H3. The van der Waals surface area contributed by atoms with Gasteiger partial charge in [-0.05, 0) is 24.7 Å². The summed E-state index contributed by atoms with van der Waals surface area (Å²) in [6, 6.07) is 0. The van der Waals surface area contributed by atoms with Crippen LogP contribution in [0.1, 0.15) is 96.8 Å². The van der Waals surface area contributed by atoms with E-state index in [0.29, 0.717) is 12.0 Å². The van der Waals surface area contributed by atoms with Crippen LogP contribution in [0.4, 0.5) is 0 Å². The number of hydrogen-bond donors (Lipinski definition) is 0. The summed E-state index contributed by atoms with van der Waals surface area (Å²) in [7, 11) is 0. The molecule has 1 saturated carbocycles. The number of rotatable bonds is 12. The Morgan fingerprint density at radius 2 is 1.28 bits per heavy atom. The highest BCUT2D eigenvalue weighted by Crippen LogP contribution is 2.44. The third-order valence-electron chi connectivity index (χ3n) is 4.85. The average molecular weight is 252 g/mol. The lowest BCUT2D eigenvalue weighted by molar-refractivity contribution is 0.123. The van der Waals surface area contributed by atoms with Crippen LogP contribution in [0.25, 0.3) is 0 Å². The molecule has 0 aromatic rings. The zero-order valence-electron chi connectivity index (χ0n) is 12.6. The van der Waals surface area contributed by atoms with Crippen molar-refractivity contribution in [2.45, 2.75) is 96.8 Å². The highest BCUT2D eigenvalue weighted by molar-refractivity contribution is 4.87. The second-order valence-electron chi connectivity index (χ2n) is 6.46. The molecule has 0 atom stereocenters. The monoisotopic (exact) mass is 252 g/mol. The molecule has 1 rings (SSSR count). The molecule has 18 heavy (non-hydrogen) atoms. The first kappa shape index (κ1) is 16.0. The minimum atomic E-state index is 0.472. The smallest absolute Gasteiger partial charge is 0.0156 e. The molecule has 0 aromatic carbocycles. The van der Waals surface area contributed by atoms with E-state index in [1.165, 1.54) is 89.9 Å². The Hall–Kier alpha value is -0.0400. The highest BCUT2D eigenvalue weighted by Gasteiger charge is 2.34. The summed E-state index contributed by atoms with van der Waals surface area (Å²) in [5.41, 5.74) is 8.11. The van der Waals surface area contributed by atoms with Crippen LogP contribution in [-0.2, 0) is 0 Å². The largest absolute Gasteiger partial charge is 0.257 e. The molecule has 1 nitrogen and oxygen atoms in total. The van der Waals surface area contributed by atoms with Gasteiger partial charge in [0.15, 0.2) is 0 Å². The Morgan fingerprint density at radius 1 is 0.778 bits per heavy atom. The molecule has 1 radical (unpaired) electrons. The van der Waals surface area contributed by atoms with Gasteiger partial charge in [0.25, 0.3) is 0 Å². The summed E-state index contributed by atoms with van der Waals surface area (Å²) in [5, 5.41) is 0. The molecule has 1 N–H and O–H groups in total. The van der Waals surface area contributed by atoms with Crippen LogP contribution >= 0.6 is 0 Å². The average Bonchev–Trinajstić information content (AvgIpc) is 2.34. The number of unbranched alkanes of at least 4 members (excludes halogenated alkanes) is 9. The lowest BCUT2D eigenvalue weighted by atomic mass is 9.66. The third-order valence-corrected chi connectivity index (χ3v) is 4.85. The Kier molecular flexibility index (Phi) is 8.75. The molecule has 0 aliphatic heterocycles. The first-order valence-electron chi connectivity index (χ1n) is 8.47. The predicted molar refractivity (Wildman–Crippen MR) is 80.7 cm³/mol. The van der Waals surface area contributed by atoms with Crippen molar-refractivity contribution in [1.82, 2.24) is 5.73 Å². The maximum atomic E-state index is 7.63. The van der Waals surface area contributed by atoms with Crippen molar-refractivity contribution in [2.75, 3.05) is 6.54 Å². The van der Waals surface area contributed by atoms with E-state index in [1.807, 2.05) is 0 Å². The van der Waals surface area contributed by atoms with Gasteiger partial charge in [-0.25, -0.2) is 0 Å². The van der Waals surface area contributed by atoms with Gasteiger partial charge >= 0.3 is 0 Å². The van der Waals surface area contributed by atoms with E-state index < -0.39 is 0 Å². The minimum absolute atomic E-state index is 0.472. The third kappa shape index (κ3) is 6.22. The number of nitrogens with one attached hydrogen (secondary N) is 1.